The summed E-state index contributed by atoms with van der Waals surface area (Å²) in [6.45, 7) is 5.15. The number of hydrogen-bond donors (Lipinski definition) is 0. The molecular weight excluding hydrogens is 529 g/mol. The van der Waals surface area contributed by atoms with E-state index in [1.165, 1.54) is 26.0 Å². The Balaban J connectivity index is 1.53. The van der Waals surface area contributed by atoms with Gasteiger partial charge < -0.3 is 4.74 Å². The Morgan fingerprint density at radius 2 is 1.81 bits per heavy atom. The highest BCUT2D eigenvalue weighted by atomic mass is 79.9. The van der Waals surface area contributed by atoms with E-state index >= 15 is 8.78 Å². The van der Waals surface area contributed by atoms with Gasteiger partial charge >= 0.3 is 0 Å². The third kappa shape index (κ3) is 4.96. The average molecular weight is 557 g/mol. The molecule has 1 aromatic heterocycles. The largest absolute Gasteiger partial charge is 0.487 e. The summed E-state index contributed by atoms with van der Waals surface area (Å²) in [6, 6.07) is 15.1. The SMILES string of the molecule is C[C@@H]1CC2=C(Cc3ccccc32)[C@@H](c2c(F)cc(OCc3cccc(Br)n3)cc2F)N1CC(C)(C)F. The fraction of sp³-hybridized carbons (Fsp3) is 0.345. The number of rotatable bonds is 6. The number of aromatic nitrogens is 1. The van der Waals surface area contributed by atoms with Crippen LogP contribution in [0.25, 0.3) is 5.57 Å². The zero-order valence-electron chi connectivity index (χ0n) is 20.5. The molecule has 0 saturated carbocycles. The summed E-state index contributed by atoms with van der Waals surface area (Å²) in [7, 11) is 0. The number of hydrogen-bond acceptors (Lipinski definition) is 3. The number of alkyl halides is 1. The van der Waals surface area contributed by atoms with Crippen LogP contribution < -0.4 is 4.74 Å². The zero-order valence-corrected chi connectivity index (χ0v) is 22.1. The van der Waals surface area contributed by atoms with Gasteiger partial charge in [0.1, 0.15) is 34.3 Å². The highest BCUT2D eigenvalue weighted by Crippen LogP contribution is 2.50. The molecule has 2 aromatic carbocycles. The Morgan fingerprint density at radius 1 is 1.08 bits per heavy atom. The van der Waals surface area contributed by atoms with Crippen molar-refractivity contribution in [3.05, 3.63) is 98.8 Å². The standard InChI is InChI=1S/C29H28BrF3N2O/c1-17-11-22-21-9-5-4-7-18(21)12-23(22)28(35(17)16-29(2,3)33)27-24(31)13-20(14-25(27)32)36-15-19-8-6-10-26(30)34-19/h4-10,13-14,17,28H,11-12,15-16H2,1-3H3/t17-,28+/m1/s1. The smallest absolute Gasteiger partial charge is 0.134 e. The molecule has 1 aliphatic heterocycles. The van der Waals surface area contributed by atoms with Crippen molar-refractivity contribution in [3.8, 4) is 5.75 Å². The first-order valence-corrected chi connectivity index (χ1v) is 12.9. The van der Waals surface area contributed by atoms with Gasteiger partial charge in [0.05, 0.1) is 11.7 Å². The van der Waals surface area contributed by atoms with Gasteiger partial charge in [-0.2, -0.15) is 0 Å². The van der Waals surface area contributed by atoms with Gasteiger partial charge in [0.15, 0.2) is 0 Å². The molecule has 1 aliphatic carbocycles. The number of ether oxygens (including phenoxy) is 1. The molecule has 0 amide bonds. The summed E-state index contributed by atoms with van der Waals surface area (Å²) in [5.74, 6) is -1.31. The van der Waals surface area contributed by atoms with Crippen molar-refractivity contribution < 1.29 is 17.9 Å². The first-order chi connectivity index (χ1) is 17.1. The first kappa shape index (κ1) is 25.0. The fourth-order valence-corrected chi connectivity index (χ4v) is 5.82. The molecule has 0 unspecified atom stereocenters. The van der Waals surface area contributed by atoms with Crippen LogP contribution in [0.15, 0.2) is 64.8 Å². The minimum absolute atomic E-state index is 0.0564. The molecule has 0 N–H and O–H groups in total. The zero-order chi connectivity index (χ0) is 25.6. The summed E-state index contributed by atoms with van der Waals surface area (Å²) in [5.41, 5.74) is 3.39. The first-order valence-electron chi connectivity index (χ1n) is 12.1. The number of nitrogens with zero attached hydrogens (tertiary/aromatic N) is 2. The molecule has 0 bridgehead atoms. The van der Waals surface area contributed by atoms with Crippen molar-refractivity contribution >= 4 is 21.5 Å². The van der Waals surface area contributed by atoms with Crippen molar-refractivity contribution in [3.63, 3.8) is 0 Å². The highest BCUT2D eigenvalue weighted by molar-refractivity contribution is 9.10. The molecule has 36 heavy (non-hydrogen) atoms. The number of halogens is 4. The second-order valence-corrected chi connectivity index (χ2v) is 11.0. The Labute approximate surface area is 218 Å². The van der Waals surface area contributed by atoms with E-state index in [2.05, 4.69) is 33.0 Å². The molecule has 0 fully saturated rings. The monoisotopic (exact) mass is 556 g/mol. The van der Waals surface area contributed by atoms with E-state index in [1.807, 2.05) is 30.0 Å². The molecular formula is C29H28BrF3N2O. The predicted molar refractivity (Wildman–Crippen MR) is 138 cm³/mol. The van der Waals surface area contributed by atoms with Gasteiger partial charge in [-0.25, -0.2) is 18.2 Å². The van der Waals surface area contributed by atoms with E-state index in [0.717, 1.165) is 22.3 Å². The van der Waals surface area contributed by atoms with Gasteiger partial charge in [-0.1, -0.05) is 30.3 Å². The average Bonchev–Trinajstić information content (AvgIpc) is 3.16. The second-order valence-electron chi connectivity index (χ2n) is 10.2. The van der Waals surface area contributed by atoms with Crippen molar-refractivity contribution in [2.75, 3.05) is 6.54 Å². The van der Waals surface area contributed by atoms with Gasteiger partial charge in [0.25, 0.3) is 0 Å². The quantitative estimate of drug-likeness (QED) is 0.292. The molecule has 2 atom stereocenters. The molecule has 2 aliphatic rings. The number of benzene rings is 2. The number of pyridine rings is 1. The lowest BCUT2D eigenvalue weighted by Gasteiger charge is -2.44. The maximum Gasteiger partial charge on any atom is 0.134 e. The van der Waals surface area contributed by atoms with Crippen LogP contribution in [0.5, 0.6) is 5.75 Å². The molecule has 188 valence electrons. The van der Waals surface area contributed by atoms with E-state index in [1.54, 1.807) is 12.1 Å². The topological polar surface area (TPSA) is 25.4 Å². The lowest BCUT2D eigenvalue weighted by molar-refractivity contribution is 0.0676. The second kappa shape index (κ2) is 9.67. The molecule has 3 nitrogen and oxygen atoms in total. The van der Waals surface area contributed by atoms with Crippen LogP contribution in [0.4, 0.5) is 13.2 Å². The molecule has 7 heteroatoms. The summed E-state index contributed by atoms with van der Waals surface area (Å²) >= 11 is 3.31. The van der Waals surface area contributed by atoms with E-state index in [4.69, 9.17) is 4.74 Å². The predicted octanol–water partition coefficient (Wildman–Crippen LogP) is 7.59. The van der Waals surface area contributed by atoms with Crippen molar-refractivity contribution in [2.45, 2.75) is 58.0 Å². The summed E-state index contributed by atoms with van der Waals surface area (Å²) in [4.78, 5) is 6.20. The van der Waals surface area contributed by atoms with E-state index in [9.17, 15) is 4.39 Å². The maximum atomic E-state index is 15.7. The van der Waals surface area contributed by atoms with Gasteiger partial charge in [0, 0.05) is 30.3 Å². The fourth-order valence-electron chi connectivity index (χ4n) is 5.44. The van der Waals surface area contributed by atoms with Crippen LogP contribution in [0.3, 0.4) is 0 Å². The summed E-state index contributed by atoms with van der Waals surface area (Å²) in [5, 5.41) is 0. The van der Waals surface area contributed by atoms with Crippen LogP contribution in [0.1, 0.15) is 55.6 Å². The molecule has 2 heterocycles. The van der Waals surface area contributed by atoms with Crippen LogP contribution in [0, 0.1) is 11.6 Å². The minimum atomic E-state index is -1.52. The van der Waals surface area contributed by atoms with Crippen molar-refractivity contribution in [1.29, 1.82) is 0 Å². The summed E-state index contributed by atoms with van der Waals surface area (Å²) in [6.07, 6.45) is 1.31. The van der Waals surface area contributed by atoms with Crippen molar-refractivity contribution in [2.24, 2.45) is 0 Å². The van der Waals surface area contributed by atoms with Gasteiger partial charge in [0.2, 0.25) is 0 Å². The van der Waals surface area contributed by atoms with E-state index in [-0.39, 0.29) is 30.5 Å². The minimum Gasteiger partial charge on any atom is -0.487 e. The summed E-state index contributed by atoms with van der Waals surface area (Å²) < 4.78 is 52.7. The highest BCUT2D eigenvalue weighted by Gasteiger charge is 2.42. The molecule has 0 spiro atoms. The lowest BCUT2D eigenvalue weighted by atomic mass is 9.84. The Hall–Kier alpha value is -2.64. The normalized spacial score (nSPS) is 19.9. The van der Waals surface area contributed by atoms with Gasteiger partial charge in [-0.3, -0.25) is 4.90 Å². The van der Waals surface area contributed by atoms with Gasteiger partial charge in [-0.05, 0) is 83.9 Å². The maximum absolute atomic E-state index is 15.7. The van der Waals surface area contributed by atoms with E-state index < -0.39 is 23.3 Å². The van der Waals surface area contributed by atoms with Crippen LogP contribution >= 0.6 is 15.9 Å². The van der Waals surface area contributed by atoms with Crippen LogP contribution in [0.2, 0.25) is 0 Å². The van der Waals surface area contributed by atoms with Crippen molar-refractivity contribution in [1.82, 2.24) is 9.88 Å². The molecule has 0 radical (unpaired) electrons. The lowest BCUT2D eigenvalue weighted by Crippen LogP contribution is -2.47. The molecule has 5 rings (SSSR count). The molecule has 3 aromatic rings. The van der Waals surface area contributed by atoms with Gasteiger partial charge in [-0.15, -0.1) is 0 Å². The Bertz CT molecular complexity index is 1310. The third-order valence-corrected chi connectivity index (χ3v) is 7.32. The van der Waals surface area contributed by atoms with Crippen LogP contribution in [-0.2, 0) is 13.0 Å². The van der Waals surface area contributed by atoms with E-state index in [0.29, 0.717) is 23.1 Å². The Morgan fingerprint density at radius 3 is 2.50 bits per heavy atom. The third-order valence-electron chi connectivity index (χ3n) is 6.88. The Kier molecular flexibility index (Phi) is 6.72. The molecule has 0 saturated heterocycles. The van der Waals surface area contributed by atoms with Crippen LogP contribution in [-0.4, -0.2) is 28.1 Å². The number of fused-ring (bicyclic) bond motifs is 2.